The molecule has 2 heterocycles. The summed E-state index contributed by atoms with van der Waals surface area (Å²) in [5, 5.41) is 11.0. The van der Waals surface area contributed by atoms with Gasteiger partial charge < -0.3 is 12.4 Å². The average molecular weight is 330 g/mol. The van der Waals surface area contributed by atoms with Crippen LogP contribution in [0.2, 0.25) is 0 Å². The second-order valence-electron chi connectivity index (χ2n) is 5.59. The van der Waals surface area contributed by atoms with E-state index < -0.39 is 0 Å². The maximum Gasteiger partial charge on any atom is 0.278 e. The van der Waals surface area contributed by atoms with Gasteiger partial charge in [-0.15, -0.1) is 0 Å². The lowest BCUT2D eigenvalue weighted by Gasteiger charge is -2.30. The first kappa shape index (κ1) is 15.5. The molecule has 0 aromatic rings. The first-order valence-electron chi connectivity index (χ1n) is 7.44. The Bertz CT molecular complexity index is 784. The number of allylic oxidation sites excluding steroid dienone is 5. The van der Waals surface area contributed by atoms with E-state index in [-0.39, 0.29) is 35.1 Å². The van der Waals surface area contributed by atoms with E-state index in [1.54, 1.807) is 12.2 Å². The third kappa shape index (κ3) is 2.19. The standard InChI is InChI=1S/C17H16N3O2.ClH/c1-2-18-15-5-3-4-6-16(15)19-14-9-8-13(20(21)22)11-12(14)7-10-17(18)19;/h3-11,14,16H,2H2,1H3;1H/q+1;/p-1. The maximum atomic E-state index is 11.0. The van der Waals surface area contributed by atoms with Crippen LogP contribution in [0.1, 0.15) is 6.92 Å². The highest BCUT2D eigenvalue weighted by molar-refractivity contribution is 5.99. The summed E-state index contributed by atoms with van der Waals surface area (Å²) < 4.78 is 2.30. The largest absolute Gasteiger partial charge is 1.00 e. The van der Waals surface area contributed by atoms with Crippen molar-refractivity contribution in [3.05, 3.63) is 81.9 Å². The molecule has 0 spiro atoms. The van der Waals surface area contributed by atoms with Gasteiger partial charge in [-0.05, 0) is 31.2 Å². The van der Waals surface area contributed by atoms with E-state index >= 15 is 0 Å². The van der Waals surface area contributed by atoms with Crippen molar-refractivity contribution >= 4 is 5.71 Å². The molecule has 0 radical (unpaired) electrons. The molecule has 2 atom stereocenters. The fourth-order valence-corrected chi connectivity index (χ4v) is 3.55. The molecule has 23 heavy (non-hydrogen) atoms. The molecule has 2 aliphatic heterocycles. The molecule has 0 amide bonds. The number of rotatable bonds is 2. The third-order valence-electron chi connectivity index (χ3n) is 4.48. The fourth-order valence-electron chi connectivity index (χ4n) is 3.55. The summed E-state index contributed by atoms with van der Waals surface area (Å²) >= 11 is 0. The minimum Gasteiger partial charge on any atom is -1.00 e. The number of nitrogens with zero attached hydrogens (tertiary/aromatic N) is 3. The molecule has 5 nitrogen and oxygen atoms in total. The normalized spacial score (nSPS) is 26.7. The van der Waals surface area contributed by atoms with Crippen LogP contribution in [-0.2, 0) is 0 Å². The van der Waals surface area contributed by atoms with Crippen molar-refractivity contribution in [3.8, 4) is 0 Å². The summed E-state index contributed by atoms with van der Waals surface area (Å²) in [6, 6.07) is 0.247. The summed E-state index contributed by atoms with van der Waals surface area (Å²) in [6.07, 6.45) is 17.7. The van der Waals surface area contributed by atoms with Crippen molar-refractivity contribution in [1.29, 1.82) is 0 Å². The molecule has 4 aliphatic rings. The molecule has 4 rings (SSSR count). The maximum absolute atomic E-state index is 11.0. The number of hydrogen-bond donors (Lipinski definition) is 0. The van der Waals surface area contributed by atoms with E-state index in [1.807, 2.05) is 12.2 Å². The fraction of sp³-hybridized carbons (Fsp3) is 0.235. The summed E-state index contributed by atoms with van der Waals surface area (Å²) in [6.45, 7) is 3.04. The summed E-state index contributed by atoms with van der Waals surface area (Å²) in [4.78, 5) is 13.0. The van der Waals surface area contributed by atoms with Crippen molar-refractivity contribution in [2.45, 2.75) is 19.0 Å². The van der Waals surface area contributed by atoms with E-state index in [9.17, 15) is 10.1 Å². The van der Waals surface area contributed by atoms with Crippen molar-refractivity contribution < 1.29 is 21.9 Å². The molecular formula is C17H16ClN3O2. The molecule has 0 fully saturated rings. The highest BCUT2D eigenvalue weighted by atomic mass is 35.5. The zero-order chi connectivity index (χ0) is 15.3. The lowest BCUT2D eigenvalue weighted by molar-refractivity contribution is -0.479. The topological polar surface area (TPSA) is 49.4 Å². The molecule has 0 aromatic heterocycles. The van der Waals surface area contributed by atoms with Gasteiger partial charge in [-0.25, -0.2) is 9.48 Å². The Labute approximate surface area is 140 Å². The van der Waals surface area contributed by atoms with Gasteiger partial charge in [-0.3, -0.25) is 10.1 Å². The molecular weight excluding hydrogens is 314 g/mol. The van der Waals surface area contributed by atoms with Crippen molar-refractivity contribution in [2.24, 2.45) is 0 Å². The molecule has 2 aliphatic carbocycles. The Morgan fingerprint density at radius 3 is 2.78 bits per heavy atom. The number of halogens is 1. The van der Waals surface area contributed by atoms with Crippen LogP contribution in [0.5, 0.6) is 0 Å². The molecule has 0 saturated carbocycles. The second-order valence-corrected chi connectivity index (χ2v) is 5.59. The molecule has 0 N–H and O–H groups in total. The lowest BCUT2D eigenvalue weighted by Crippen LogP contribution is -3.00. The highest BCUT2D eigenvalue weighted by Crippen LogP contribution is 2.35. The zero-order valence-electron chi connectivity index (χ0n) is 12.6. The van der Waals surface area contributed by atoms with E-state index in [0.29, 0.717) is 0 Å². The second kappa shape index (κ2) is 5.66. The van der Waals surface area contributed by atoms with Gasteiger partial charge in [0.15, 0.2) is 11.8 Å². The summed E-state index contributed by atoms with van der Waals surface area (Å²) in [5.41, 5.74) is 2.38. The number of hydrogen-bond acceptors (Lipinski definition) is 3. The Kier molecular flexibility index (Phi) is 3.82. The average Bonchev–Trinajstić information content (AvgIpc) is 2.88. The van der Waals surface area contributed by atoms with E-state index in [0.717, 1.165) is 17.9 Å². The Balaban J connectivity index is 0.00000156. The van der Waals surface area contributed by atoms with Gasteiger partial charge in [-0.2, -0.15) is 0 Å². The number of fused-ring (bicyclic) bond motifs is 5. The highest BCUT2D eigenvalue weighted by Gasteiger charge is 2.48. The van der Waals surface area contributed by atoms with Crippen LogP contribution in [0.25, 0.3) is 0 Å². The van der Waals surface area contributed by atoms with E-state index in [1.165, 1.54) is 5.71 Å². The van der Waals surface area contributed by atoms with Crippen LogP contribution in [0.4, 0.5) is 0 Å². The smallest absolute Gasteiger partial charge is 0.278 e. The van der Waals surface area contributed by atoms with Gasteiger partial charge >= 0.3 is 0 Å². The molecule has 0 aromatic carbocycles. The molecule has 0 saturated heterocycles. The lowest BCUT2D eigenvalue weighted by atomic mass is 9.93. The van der Waals surface area contributed by atoms with Crippen LogP contribution < -0.4 is 12.4 Å². The molecule has 118 valence electrons. The predicted molar refractivity (Wildman–Crippen MR) is 83.9 cm³/mol. The van der Waals surface area contributed by atoms with Crippen LogP contribution in [0.15, 0.2) is 71.8 Å². The third-order valence-corrected chi connectivity index (χ3v) is 4.48. The van der Waals surface area contributed by atoms with Crippen LogP contribution in [-0.4, -0.2) is 38.7 Å². The van der Waals surface area contributed by atoms with Gasteiger partial charge in [0, 0.05) is 23.8 Å². The van der Waals surface area contributed by atoms with Crippen LogP contribution >= 0.6 is 0 Å². The molecule has 2 unspecified atom stereocenters. The Morgan fingerprint density at radius 1 is 1.22 bits per heavy atom. The quantitative estimate of drug-likeness (QED) is 0.377. The van der Waals surface area contributed by atoms with Gasteiger partial charge in [0.1, 0.15) is 6.04 Å². The number of nitro groups is 1. The first-order valence-corrected chi connectivity index (χ1v) is 7.44. The van der Waals surface area contributed by atoms with Crippen LogP contribution in [0, 0.1) is 10.1 Å². The van der Waals surface area contributed by atoms with Crippen molar-refractivity contribution in [1.82, 2.24) is 4.90 Å². The monoisotopic (exact) mass is 329 g/mol. The minimum absolute atomic E-state index is 0. The van der Waals surface area contributed by atoms with Crippen LogP contribution in [0.3, 0.4) is 0 Å². The Morgan fingerprint density at radius 2 is 2.04 bits per heavy atom. The van der Waals surface area contributed by atoms with Gasteiger partial charge in [0.05, 0.1) is 11.5 Å². The minimum atomic E-state index is -0.337. The predicted octanol–water partition coefficient (Wildman–Crippen LogP) is -0.846. The zero-order valence-corrected chi connectivity index (χ0v) is 13.3. The van der Waals surface area contributed by atoms with E-state index in [4.69, 9.17) is 0 Å². The van der Waals surface area contributed by atoms with Crippen molar-refractivity contribution in [2.75, 3.05) is 6.54 Å². The molecule has 0 bridgehead atoms. The van der Waals surface area contributed by atoms with Gasteiger partial charge in [0.25, 0.3) is 11.5 Å². The summed E-state index contributed by atoms with van der Waals surface area (Å²) in [5.74, 6) is 1.16. The van der Waals surface area contributed by atoms with Gasteiger partial charge in [-0.1, -0.05) is 12.2 Å². The van der Waals surface area contributed by atoms with E-state index in [2.05, 4.69) is 46.8 Å². The Hall–Kier alpha value is -2.40. The SMILES string of the molecule is CC[N+]1=C2C=CC=CC2N2C1=CC=C1C=C([N+](=O)[O-])C=CC12.[Cl-]. The van der Waals surface area contributed by atoms with Gasteiger partial charge in [0.2, 0.25) is 0 Å². The van der Waals surface area contributed by atoms with Crippen molar-refractivity contribution in [3.63, 3.8) is 0 Å². The summed E-state index contributed by atoms with van der Waals surface area (Å²) in [7, 11) is 0. The molecule has 6 heteroatoms. The first-order chi connectivity index (χ1) is 10.7.